The molecule has 63 heavy (non-hydrogen) atoms. The third-order valence-corrected chi connectivity index (χ3v) is 13.3. The van der Waals surface area contributed by atoms with Gasteiger partial charge in [0.15, 0.2) is 0 Å². The summed E-state index contributed by atoms with van der Waals surface area (Å²) in [7, 11) is 0. The second-order valence-corrected chi connectivity index (χ2v) is 17.2. The van der Waals surface area contributed by atoms with Crippen molar-refractivity contribution in [3.8, 4) is 55.6 Å². The van der Waals surface area contributed by atoms with Crippen molar-refractivity contribution in [3.63, 3.8) is 0 Å². The Hall–Kier alpha value is -7.94. The van der Waals surface area contributed by atoms with Crippen molar-refractivity contribution in [2.45, 2.75) is 19.3 Å². The Kier molecular flexibility index (Phi) is 8.55. The zero-order valence-corrected chi connectivity index (χ0v) is 35.2. The number of hydrogen-bond acceptors (Lipinski definition) is 2. The lowest BCUT2D eigenvalue weighted by Gasteiger charge is -2.30. The summed E-state index contributed by atoms with van der Waals surface area (Å²) in [6, 6.07) is 81.6. The summed E-state index contributed by atoms with van der Waals surface area (Å²) in [5.74, 6) is 0. The first-order chi connectivity index (χ1) is 31.0. The van der Waals surface area contributed by atoms with E-state index in [4.69, 9.17) is 4.42 Å². The molecule has 0 radical (unpaired) electrons. The van der Waals surface area contributed by atoms with E-state index in [9.17, 15) is 0 Å². The summed E-state index contributed by atoms with van der Waals surface area (Å²) >= 11 is 0. The molecular weight excluding hydrogens is 763 g/mol. The Bertz CT molecular complexity index is 3530. The Morgan fingerprint density at radius 1 is 0.349 bits per heavy atom. The lowest BCUT2D eigenvalue weighted by molar-refractivity contribution is 0.660. The summed E-state index contributed by atoms with van der Waals surface area (Å²) in [5.41, 5.74) is 19.8. The predicted octanol–water partition coefficient (Wildman–Crippen LogP) is 17.2. The highest BCUT2D eigenvalue weighted by molar-refractivity contribution is 6.14. The van der Waals surface area contributed by atoms with E-state index in [0.29, 0.717) is 0 Å². The van der Waals surface area contributed by atoms with Gasteiger partial charge < -0.3 is 9.32 Å². The summed E-state index contributed by atoms with van der Waals surface area (Å²) in [6.07, 6.45) is 0. The number of rotatable bonds is 7. The first-order valence-electron chi connectivity index (χ1n) is 21.8. The van der Waals surface area contributed by atoms with Gasteiger partial charge in [0.05, 0.1) is 11.4 Å². The monoisotopic (exact) mass is 805 g/mol. The maximum absolute atomic E-state index is 6.46. The lowest BCUT2D eigenvalue weighted by Crippen LogP contribution is -2.14. The molecule has 1 aromatic heterocycles. The highest BCUT2D eigenvalue weighted by Crippen LogP contribution is 2.53. The largest absolute Gasteiger partial charge is 0.456 e. The highest BCUT2D eigenvalue weighted by atomic mass is 16.3. The van der Waals surface area contributed by atoms with Crippen LogP contribution in [0.25, 0.3) is 88.3 Å². The molecule has 2 nitrogen and oxygen atoms in total. The maximum Gasteiger partial charge on any atom is 0.136 e. The summed E-state index contributed by atoms with van der Waals surface area (Å²) in [6.45, 7) is 4.70. The van der Waals surface area contributed by atoms with Crippen molar-refractivity contribution in [1.82, 2.24) is 0 Å². The van der Waals surface area contributed by atoms with Crippen molar-refractivity contribution in [3.05, 3.63) is 236 Å². The number of anilines is 3. The topological polar surface area (TPSA) is 16.4 Å². The van der Waals surface area contributed by atoms with Crippen LogP contribution >= 0.6 is 0 Å². The van der Waals surface area contributed by atoms with E-state index in [1.165, 1.54) is 60.8 Å². The van der Waals surface area contributed by atoms with Crippen molar-refractivity contribution in [2.24, 2.45) is 0 Å². The van der Waals surface area contributed by atoms with Crippen LogP contribution in [0.4, 0.5) is 17.1 Å². The van der Waals surface area contributed by atoms with Gasteiger partial charge in [-0.1, -0.05) is 202 Å². The normalized spacial score (nSPS) is 12.7. The number of hydrogen-bond donors (Lipinski definition) is 0. The van der Waals surface area contributed by atoms with E-state index < -0.39 is 0 Å². The van der Waals surface area contributed by atoms with Crippen molar-refractivity contribution in [1.29, 1.82) is 0 Å². The van der Waals surface area contributed by atoms with E-state index in [2.05, 4.69) is 237 Å². The van der Waals surface area contributed by atoms with E-state index in [0.717, 1.165) is 55.7 Å². The Balaban J connectivity index is 1.10. The van der Waals surface area contributed by atoms with Crippen molar-refractivity contribution < 1.29 is 4.42 Å². The number of benzene rings is 10. The molecule has 1 heterocycles. The number of fused-ring (bicyclic) bond motifs is 7. The van der Waals surface area contributed by atoms with Crippen LogP contribution in [0.15, 0.2) is 229 Å². The van der Waals surface area contributed by atoms with E-state index in [1.807, 2.05) is 6.07 Å². The van der Waals surface area contributed by atoms with Gasteiger partial charge in [-0.15, -0.1) is 0 Å². The molecule has 2 heteroatoms. The molecule has 0 saturated heterocycles. The summed E-state index contributed by atoms with van der Waals surface area (Å²) in [4.78, 5) is 2.47. The van der Waals surface area contributed by atoms with Crippen LogP contribution in [-0.2, 0) is 5.41 Å². The fraction of sp³-hybridized carbons (Fsp3) is 0.0492. The molecular formula is C61H43NO. The zero-order valence-electron chi connectivity index (χ0n) is 35.2. The second-order valence-electron chi connectivity index (χ2n) is 17.2. The Morgan fingerprint density at radius 3 is 1.60 bits per heavy atom. The number of nitrogens with zero attached hydrogens (tertiary/aromatic N) is 1. The average molecular weight is 806 g/mol. The predicted molar refractivity (Wildman–Crippen MR) is 265 cm³/mol. The van der Waals surface area contributed by atoms with Crippen molar-refractivity contribution in [2.75, 3.05) is 4.90 Å². The van der Waals surface area contributed by atoms with Gasteiger partial charge in [-0.3, -0.25) is 0 Å². The van der Waals surface area contributed by atoms with Crippen LogP contribution in [0.5, 0.6) is 0 Å². The molecule has 0 aliphatic heterocycles. The second kappa shape index (κ2) is 14.6. The van der Waals surface area contributed by atoms with Crippen molar-refractivity contribution >= 4 is 49.8 Å². The van der Waals surface area contributed by atoms with E-state index >= 15 is 0 Å². The number of para-hydroxylation sites is 3. The van der Waals surface area contributed by atoms with Gasteiger partial charge in [0.1, 0.15) is 11.2 Å². The summed E-state index contributed by atoms with van der Waals surface area (Å²) in [5, 5.41) is 4.67. The zero-order chi connectivity index (χ0) is 42.1. The first kappa shape index (κ1) is 36.9. The minimum absolute atomic E-state index is 0.0722. The van der Waals surface area contributed by atoms with Gasteiger partial charge >= 0.3 is 0 Å². The fourth-order valence-electron chi connectivity index (χ4n) is 10.4. The van der Waals surface area contributed by atoms with E-state index in [-0.39, 0.29) is 5.41 Å². The molecule has 0 atom stereocenters. The molecule has 298 valence electrons. The average Bonchev–Trinajstić information content (AvgIpc) is 3.84. The molecule has 0 N–H and O–H groups in total. The van der Waals surface area contributed by atoms with Gasteiger partial charge in [-0.2, -0.15) is 0 Å². The van der Waals surface area contributed by atoms with Gasteiger partial charge in [0, 0.05) is 33.0 Å². The Morgan fingerprint density at radius 2 is 0.857 bits per heavy atom. The minimum atomic E-state index is -0.0722. The molecule has 11 aromatic rings. The maximum atomic E-state index is 6.46. The van der Waals surface area contributed by atoms with Crippen LogP contribution in [-0.4, -0.2) is 0 Å². The number of furan rings is 1. The van der Waals surface area contributed by atoms with E-state index in [1.54, 1.807) is 0 Å². The molecule has 0 amide bonds. The fourth-order valence-corrected chi connectivity index (χ4v) is 10.4. The van der Waals surface area contributed by atoms with Crippen LogP contribution in [0.3, 0.4) is 0 Å². The third-order valence-electron chi connectivity index (χ3n) is 13.3. The molecule has 1 aliphatic carbocycles. The molecule has 12 rings (SSSR count). The Labute approximate surface area is 368 Å². The molecule has 0 unspecified atom stereocenters. The summed E-state index contributed by atoms with van der Waals surface area (Å²) < 4.78 is 6.46. The third kappa shape index (κ3) is 5.86. The first-order valence-corrected chi connectivity index (χ1v) is 21.8. The van der Waals surface area contributed by atoms with Crippen LogP contribution in [0, 0.1) is 0 Å². The highest BCUT2D eigenvalue weighted by Gasteiger charge is 2.36. The smallest absolute Gasteiger partial charge is 0.136 e. The lowest BCUT2D eigenvalue weighted by atomic mass is 9.82. The molecule has 0 bridgehead atoms. The standard InChI is InChI=1S/C61H43NO/c1-61(2)52-30-10-6-24-50(52)59-45(27-16-31-53(59)61)41-36-38-43(39-37-41)62(55-33-12-8-23-47(55)49-29-17-35-57-60(49)51-25-9-13-34-56(51)63-57)54-32-11-7-22-46(54)48-28-15-21-42-20-14-26-44(58(42)48)40-18-4-3-5-19-40/h3-39H,1-2H3. The molecule has 0 spiro atoms. The van der Waals surface area contributed by atoms with Gasteiger partial charge in [-0.05, 0) is 103 Å². The van der Waals surface area contributed by atoms with Gasteiger partial charge in [0.25, 0.3) is 0 Å². The van der Waals surface area contributed by atoms with Gasteiger partial charge in [-0.25, -0.2) is 0 Å². The quantitative estimate of drug-likeness (QED) is 0.160. The molecule has 0 fully saturated rings. The SMILES string of the molecule is CC1(C)c2ccccc2-c2c(-c3ccc(N(c4ccccc4-c4cccc5cccc(-c6ccccc6)c45)c4ccccc4-c4cccc5oc6ccccc6c45)cc3)cccc21. The van der Waals surface area contributed by atoms with Gasteiger partial charge in [0.2, 0.25) is 0 Å². The van der Waals surface area contributed by atoms with Crippen LogP contribution < -0.4 is 4.90 Å². The molecule has 10 aromatic carbocycles. The minimum Gasteiger partial charge on any atom is -0.456 e. The molecule has 1 aliphatic rings. The van der Waals surface area contributed by atoms with Crippen LogP contribution in [0.1, 0.15) is 25.0 Å². The van der Waals surface area contributed by atoms with Crippen LogP contribution in [0.2, 0.25) is 0 Å². The molecule has 0 saturated carbocycles.